The zero-order valence-corrected chi connectivity index (χ0v) is 16.7. The van der Waals surface area contributed by atoms with Crippen LogP contribution in [-0.4, -0.2) is 40.3 Å². The molecule has 27 heavy (non-hydrogen) atoms. The highest BCUT2D eigenvalue weighted by atomic mass is 35.5. The molecular formula is C19H20Cl2N4O2. The minimum atomic E-state index is -1.07. The number of methoxy groups -OCH3 is 2. The Balaban J connectivity index is 0.00000210. The number of aromatic nitrogens is 3. The molecule has 2 N–H and O–H groups in total. The third-order valence-corrected chi connectivity index (χ3v) is 4.98. The molecule has 6 nitrogen and oxygen atoms in total. The van der Waals surface area contributed by atoms with E-state index in [1.54, 1.807) is 26.6 Å². The number of rotatable bonds is 4. The highest BCUT2D eigenvalue weighted by molar-refractivity contribution is 6.26. The number of hydrogen-bond donors (Lipinski definition) is 2. The van der Waals surface area contributed by atoms with E-state index in [4.69, 9.17) is 21.1 Å². The summed E-state index contributed by atoms with van der Waals surface area (Å²) in [6, 6.07) is 5.87. The van der Waals surface area contributed by atoms with Gasteiger partial charge in [-0.2, -0.15) is 0 Å². The molecule has 2 unspecified atom stereocenters. The van der Waals surface area contributed by atoms with Crippen molar-refractivity contribution in [1.82, 2.24) is 15.0 Å². The van der Waals surface area contributed by atoms with Gasteiger partial charge in [-0.25, -0.2) is 4.98 Å². The summed E-state index contributed by atoms with van der Waals surface area (Å²) >= 11 is 6.42. The number of H-pyrrole nitrogens is 1. The molecule has 0 spiro atoms. The molecule has 0 saturated carbocycles. The van der Waals surface area contributed by atoms with Crippen molar-refractivity contribution in [1.29, 1.82) is 0 Å². The number of aromatic amines is 1. The van der Waals surface area contributed by atoms with E-state index in [1.807, 2.05) is 37.3 Å². The van der Waals surface area contributed by atoms with E-state index in [0.29, 0.717) is 5.76 Å². The van der Waals surface area contributed by atoms with Crippen molar-refractivity contribution in [3.63, 3.8) is 0 Å². The molecule has 3 aromatic rings. The second-order valence-corrected chi connectivity index (χ2v) is 6.74. The normalized spacial score (nSPS) is 21.8. The minimum Gasteiger partial charge on any atom is -0.497 e. The molecule has 142 valence electrons. The van der Waals surface area contributed by atoms with Crippen LogP contribution < -0.4 is 5.32 Å². The Morgan fingerprint density at radius 3 is 2.78 bits per heavy atom. The lowest BCUT2D eigenvalue weighted by atomic mass is 10.0. The van der Waals surface area contributed by atoms with Gasteiger partial charge in [0.15, 0.2) is 0 Å². The van der Waals surface area contributed by atoms with Crippen molar-refractivity contribution in [2.45, 2.75) is 18.0 Å². The van der Waals surface area contributed by atoms with Crippen LogP contribution in [0.1, 0.15) is 5.69 Å². The van der Waals surface area contributed by atoms with Crippen LogP contribution in [0.3, 0.4) is 0 Å². The monoisotopic (exact) mass is 406 g/mol. The zero-order valence-electron chi connectivity index (χ0n) is 15.1. The lowest BCUT2D eigenvalue weighted by molar-refractivity contribution is 0.0772. The molecule has 1 aliphatic rings. The number of hydrogen-bond acceptors (Lipinski definition) is 5. The summed E-state index contributed by atoms with van der Waals surface area (Å²) in [5.41, 5.74) is 4.65. The summed E-state index contributed by atoms with van der Waals surface area (Å²) in [5.74, 6) is 0.545. The van der Waals surface area contributed by atoms with Crippen molar-refractivity contribution in [2.75, 3.05) is 19.5 Å². The number of nitrogens with one attached hydrogen (secondary N) is 2. The Labute approximate surface area is 168 Å². The first-order valence-electron chi connectivity index (χ1n) is 8.24. The molecule has 0 bridgehead atoms. The number of ether oxygens (including phenoxy) is 2. The molecule has 1 aromatic carbocycles. The van der Waals surface area contributed by atoms with E-state index in [2.05, 4.69) is 20.3 Å². The highest BCUT2D eigenvalue weighted by Gasteiger charge is 2.34. The lowest BCUT2D eigenvalue weighted by Gasteiger charge is -2.29. The molecule has 4 rings (SSSR count). The standard InChI is InChI=1S/C19H19ClN4O2.ClH/c1-11-8-15(17-13(23-11)4-5-14-18(17)22-10-21-14)24-12-6-7-19(20,26-3)16(9-12)25-2;/h4-10,12H,1-3H3,(H,21,22)(H,23,24);1H. The second-order valence-electron chi connectivity index (χ2n) is 6.18. The predicted octanol–water partition coefficient (Wildman–Crippen LogP) is 4.30. The zero-order chi connectivity index (χ0) is 18.3. The number of pyridine rings is 1. The van der Waals surface area contributed by atoms with Gasteiger partial charge in [0.05, 0.1) is 36.0 Å². The molecular weight excluding hydrogens is 387 g/mol. The topological polar surface area (TPSA) is 72.1 Å². The lowest BCUT2D eigenvalue weighted by Crippen LogP contribution is -2.32. The van der Waals surface area contributed by atoms with E-state index >= 15 is 0 Å². The molecule has 0 fully saturated rings. The van der Waals surface area contributed by atoms with Gasteiger partial charge < -0.3 is 19.8 Å². The van der Waals surface area contributed by atoms with Gasteiger partial charge in [-0.15, -0.1) is 12.4 Å². The Kier molecular flexibility index (Phi) is 5.33. The quantitative estimate of drug-likeness (QED) is 0.498. The SMILES string of the molecule is COC1=CC(Nc2cc(C)nc3ccc4nc[nH]c4c23)C=CC1(Cl)OC.Cl. The molecule has 0 radical (unpaired) electrons. The van der Waals surface area contributed by atoms with E-state index in [0.717, 1.165) is 33.3 Å². The van der Waals surface area contributed by atoms with Gasteiger partial charge in [-0.3, -0.25) is 4.98 Å². The van der Waals surface area contributed by atoms with Crippen LogP contribution in [0.15, 0.2) is 48.5 Å². The number of halogens is 2. The van der Waals surface area contributed by atoms with Crippen LogP contribution in [0.4, 0.5) is 5.69 Å². The summed E-state index contributed by atoms with van der Waals surface area (Å²) < 4.78 is 10.8. The van der Waals surface area contributed by atoms with Crippen LogP contribution in [0.2, 0.25) is 0 Å². The summed E-state index contributed by atoms with van der Waals surface area (Å²) in [5, 5.41) is 3.46. The van der Waals surface area contributed by atoms with Gasteiger partial charge >= 0.3 is 0 Å². The maximum Gasteiger partial charge on any atom is 0.217 e. The van der Waals surface area contributed by atoms with Gasteiger partial charge in [0.25, 0.3) is 0 Å². The number of anilines is 1. The smallest absolute Gasteiger partial charge is 0.217 e. The van der Waals surface area contributed by atoms with Gasteiger partial charge in [-0.1, -0.05) is 17.7 Å². The van der Waals surface area contributed by atoms with Crippen molar-refractivity contribution in [2.24, 2.45) is 0 Å². The number of benzene rings is 1. The fourth-order valence-electron chi connectivity index (χ4n) is 3.27. The third kappa shape index (κ3) is 3.36. The highest BCUT2D eigenvalue weighted by Crippen LogP contribution is 2.34. The summed E-state index contributed by atoms with van der Waals surface area (Å²) in [4.78, 5) is 12.2. The van der Waals surface area contributed by atoms with E-state index in [-0.39, 0.29) is 18.4 Å². The molecule has 0 amide bonds. The fraction of sp³-hybridized carbons (Fsp3) is 0.263. The Morgan fingerprint density at radius 2 is 2.04 bits per heavy atom. The van der Waals surface area contributed by atoms with Gasteiger partial charge in [-0.05, 0) is 37.3 Å². The largest absolute Gasteiger partial charge is 0.497 e. The second kappa shape index (κ2) is 7.38. The average Bonchev–Trinajstić information content (AvgIpc) is 3.11. The van der Waals surface area contributed by atoms with Gasteiger partial charge in [0.2, 0.25) is 5.06 Å². The fourth-order valence-corrected chi connectivity index (χ4v) is 3.48. The molecule has 2 aromatic heterocycles. The van der Waals surface area contributed by atoms with E-state index in [9.17, 15) is 0 Å². The average molecular weight is 407 g/mol. The van der Waals surface area contributed by atoms with E-state index < -0.39 is 5.06 Å². The van der Waals surface area contributed by atoms with Crippen molar-refractivity contribution >= 4 is 51.6 Å². The van der Waals surface area contributed by atoms with Crippen molar-refractivity contribution in [3.05, 3.63) is 54.2 Å². The minimum absolute atomic E-state index is 0. The van der Waals surface area contributed by atoms with E-state index in [1.165, 1.54) is 0 Å². The van der Waals surface area contributed by atoms with Crippen LogP contribution in [0.25, 0.3) is 21.9 Å². The predicted molar refractivity (Wildman–Crippen MR) is 111 cm³/mol. The number of imidazole rings is 1. The number of alkyl halides is 1. The van der Waals surface area contributed by atoms with Gasteiger partial charge in [0.1, 0.15) is 5.76 Å². The first kappa shape index (κ1) is 19.5. The number of nitrogens with zero attached hydrogens (tertiary/aromatic N) is 2. The summed E-state index contributed by atoms with van der Waals surface area (Å²) in [7, 11) is 3.13. The molecule has 0 aliphatic heterocycles. The Morgan fingerprint density at radius 1 is 1.26 bits per heavy atom. The van der Waals surface area contributed by atoms with Crippen molar-refractivity contribution in [3.8, 4) is 0 Å². The summed E-state index contributed by atoms with van der Waals surface area (Å²) in [6.07, 6.45) is 7.34. The maximum absolute atomic E-state index is 6.42. The van der Waals surface area contributed by atoms with Gasteiger partial charge in [0, 0.05) is 23.9 Å². The first-order valence-corrected chi connectivity index (χ1v) is 8.61. The molecule has 2 atom stereocenters. The van der Waals surface area contributed by atoms with Crippen molar-refractivity contribution < 1.29 is 9.47 Å². The summed E-state index contributed by atoms with van der Waals surface area (Å²) in [6.45, 7) is 1.98. The molecule has 2 heterocycles. The van der Waals surface area contributed by atoms with Crippen LogP contribution in [0.5, 0.6) is 0 Å². The first-order chi connectivity index (χ1) is 12.5. The van der Waals surface area contributed by atoms with Crippen LogP contribution >= 0.6 is 24.0 Å². The number of fused-ring (bicyclic) bond motifs is 3. The Hall–Kier alpha value is -2.28. The van der Waals surface area contributed by atoms with Crippen LogP contribution in [0, 0.1) is 6.92 Å². The Bertz CT molecular complexity index is 1050. The third-order valence-electron chi connectivity index (χ3n) is 4.52. The molecule has 0 saturated heterocycles. The van der Waals surface area contributed by atoms with Crippen LogP contribution in [-0.2, 0) is 9.47 Å². The maximum atomic E-state index is 6.42. The number of aryl methyl sites for hydroxylation is 1. The molecule has 1 aliphatic carbocycles. The molecule has 8 heteroatoms.